The molecule has 1 fully saturated rings. The number of amides is 1. The number of nitrogens with one attached hydrogen (secondary N) is 1. The first-order chi connectivity index (χ1) is 13.4. The van der Waals surface area contributed by atoms with Gasteiger partial charge in [0.15, 0.2) is 17.5 Å². The molecule has 0 spiro atoms. The fourth-order valence-corrected chi connectivity index (χ4v) is 3.01. The molecule has 1 amide bonds. The zero-order chi connectivity index (χ0) is 20.5. The Balaban J connectivity index is 0.00000420. The summed E-state index contributed by atoms with van der Waals surface area (Å²) in [6, 6.07) is 4.98. The van der Waals surface area contributed by atoms with Gasteiger partial charge in [0.1, 0.15) is 0 Å². The first-order valence-electron chi connectivity index (χ1n) is 9.35. The quantitative estimate of drug-likeness (QED) is 0.336. The van der Waals surface area contributed by atoms with Gasteiger partial charge in [-0.1, -0.05) is 6.07 Å². The first kappa shape index (κ1) is 25.2. The molecule has 2 rings (SSSR count). The van der Waals surface area contributed by atoms with E-state index in [1.807, 2.05) is 17.9 Å². The number of hydrogen-bond donors (Lipinski definition) is 1. The molecule has 10 heteroatoms. The summed E-state index contributed by atoms with van der Waals surface area (Å²) in [6.07, 6.45) is 0.575. The number of benzene rings is 1. The molecule has 7 nitrogen and oxygen atoms in total. The van der Waals surface area contributed by atoms with Crippen molar-refractivity contribution in [3.63, 3.8) is 0 Å². The SMILES string of the molecule is CCNC(=NCCc1ccc(OC)c(OC(F)F)c1)N1CCN(C(C)=O)CC1.I. The van der Waals surface area contributed by atoms with Crippen LogP contribution in [-0.2, 0) is 11.2 Å². The van der Waals surface area contributed by atoms with Crippen molar-refractivity contribution in [2.45, 2.75) is 26.9 Å². The Kier molecular flexibility index (Phi) is 11.0. The summed E-state index contributed by atoms with van der Waals surface area (Å²) in [7, 11) is 1.41. The highest BCUT2D eigenvalue weighted by Crippen LogP contribution is 2.29. The molecule has 1 N–H and O–H groups in total. The van der Waals surface area contributed by atoms with Crippen molar-refractivity contribution in [1.29, 1.82) is 0 Å². The third-order valence-electron chi connectivity index (χ3n) is 4.47. The number of piperazine rings is 1. The average molecular weight is 526 g/mol. The zero-order valence-corrected chi connectivity index (χ0v) is 19.3. The summed E-state index contributed by atoms with van der Waals surface area (Å²) in [5.41, 5.74) is 0.831. The molecular weight excluding hydrogens is 497 g/mol. The van der Waals surface area contributed by atoms with E-state index in [0.29, 0.717) is 26.1 Å². The number of hydrogen-bond acceptors (Lipinski definition) is 4. The summed E-state index contributed by atoms with van der Waals surface area (Å²) in [5, 5.41) is 3.27. The largest absolute Gasteiger partial charge is 0.493 e. The number of alkyl halides is 2. The minimum Gasteiger partial charge on any atom is -0.493 e. The second-order valence-electron chi connectivity index (χ2n) is 6.34. The van der Waals surface area contributed by atoms with Gasteiger partial charge in [-0.15, -0.1) is 24.0 Å². The lowest BCUT2D eigenvalue weighted by Crippen LogP contribution is -2.53. The van der Waals surface area contributed by atoms with Gasteiger partial charge in [-0.05, 0) is 31.0 Å². The Labute approximate surface area is 187 Å². The van der Waals surface area contributed by atoms with Crippen LogP contribution in [0.15, 0.2) is 23.2 Å². The smallest absolute Gasteiger partial charge is 0.387 e. The van der Waals surface area contributed by atoms with E-state index in [-0.39, 0.29) is 41.4 Å². The molecule has 164 valence electrons. The van der Waals surface area contributed by atoms with Gasteiger partial charge in [0.05, 0.1) is 7.11 Å². The Morgan fingerprint density at radius 3 is 2.41 bits per heavy atom. The van der Waals surface area contributed by atoms with E-state index in [1.165, 1.54) is 7.11 Å². The first-order valence-corrected chi connectivity index (χ1v) is 9.35. The fraction of sp³-hybridized carbons (Fsp3) is 0.579. The zero-order valence-electron chi connectivity index (χ0n) is 17.0. The number of rotatable bonds is 7. The molecular formula is C19H29F2IN4O3. The van der Waals surface area contributed by atoms with Crippen LogP contribution in [-0.4, -0.2) is 74.7 Å². The maximum absolute atomic E-state index is 12.6. The third kappa shape index (κ3) is 7.82. The van der Waals surface area contributed by atoms with Crippen LogP contribution in [0.3, 0.4) is 0 Å². The third-order valence-corrected chi connectivity index (χ3v) is 4.47. The molecule has 0 aromatic heterocycles. The molecule has 0 bridgehead atoms. The van der Waals surface area contributed by atoms with Crippen molar-refractivity contribution in [2.75, 3.05) is 46.4 Å². The van der Waals surface area contributed by atoms with Gasteiger partial charge in [0.25, 0.3) is 0 Å². The number of ether oxygens (including phenoxy) is 2. The molecule has 0 aliphatic carbocycles. The molecule has 0 unspecified atom stereocenters. The van der Waals surface area contributed by atoms with Crippen LogP contribution in [0.5, 0.6) is 11.5 Å². The number of nitrogens with zero attached hydrogens (tertiary/aromatic N) is 3. The summed E-state index contributed by atoms with van der Waals surface area (Å²) in [6.45, 7) is 4.70. The molecule has 1 aromatic carbocycles. The summed E-state index contributed by atoms with van der Waals surface area (Å²) < 4.78 is 34.7. The predicted octanol–water partition coefficient (Wildman–Crippen LogP) is 2.59. The highest BCUT2D eigenvalue weighted by Gasteiger charge is 2.20. The van der Waals surface area contributed by atoms with Gasteiger partial charge in [0.2, 0.25) is 5.91 Å². The Morgan fingerprint density at radius 2 is 1.86 bits per heavy atom. The summed E-state index contributed by atoms with van der Waals surface area (Å²) >= 11 is 0. The number of carbonyl (C=O) groups is 1. The van der Waals surface area contributed by atoms with Gasteiger partial charge in [-0.25, -0.2) is 0 Å². The molecule has 29 heavy (non-hydrogen) atoms. The monoisotopic (exact) mass is 526 g/mol. The van der Waals surface area contributed by atoms with Crippen molar-refractivity contribution in [3.8, 4) is 11.5 Å². The van der Waals surface area contributed by atoms with Gasteiger partial charge in [0, 0.05) is 46.2 Å². The van der Waals surface area contributed by atoms with Crippen molar-refractivity contribution in [3.05, 3.63) is 23.8 Å². The van der Waals surface area contributed by atoms with Crippen molar-refractivity contribution in [1.82, 2.24) is 15.1 Å². The topological polar surface area (TPSA) is 66.4 Å². The van der Waals surface area contributed by atoms with Gasteiger partial charge < -0.3 is 24.6 Å². The summed E-state index contributed by atoms with van der Waals surface area (Å²) in [5.74, 6) is 1.17. The number of methoxy groups -OCH3 is 1. The number of guanidine groups is 1. The van der Waals surface area contributed by atoms with E-state index in [4.69, 9.17) is 4.74 Å². The molecule has 0 atom stereocenters. The maximum atomic E-state index is 12.6. The highest BCUT2D eigenvalue weighted by molar-refractivity contribution is 14.0. The lowest BCUT2D eigenvalue weighted by atomic mass is 10.1. The van der Waals surface area contributed by atoms with Gasteiger partial charge in [-0.2, -0.15) is 8.78 Å². The van der Waals surface area contributed by atoms with Gasteiger partial charge >= 0.3 is 6.61 Å². The van der Waals surface area contributed by atoms with Crippen LogP contribution in [0, 0.1) is 0 Å². The highest BCUT2D eigenvalue weighted by atomic mass is 127. The Morgan fingerprint density at radius 1 is 1.21 bits per heavy atom. The van der Waals surface area contributed by atoms with E-state index in [0.717, 1.165) is 31.2 Å². The Hall–Kier alpha value is -1.85. The van der Waals surface area contributed by atoms with Crippen molar-refractivity contribution >= 4 is 35.8 Å². The van der Waals surface area contributed by atoms with Crippen molar-refractivity contribution < 1.29 is 23.0 Å². The van der Waals surface area contributed by atoms with Crippen LogP contribution in [0.25, 0.3) is 0 Å². The van der Waals surface area contributed by atoms with Crippen LogP contribution < -0.4 is 14.8 Å². The number of aliphatic imine (C=N–C) groups is 1. The molecule has 1 aliphatic rings. The predicted molar refractivity (Wildman–Crippen MR) is 119 cm³/mol. The number of halogens is 3. The lowest BCUT2D eigenvalue weighted by molar-refractivity contribution is -0.130. The van der Waals surface area contributed by atoms with Crippen LogP contribution >= 0.6 is 24.0 Å². The normalized spacial score (nSPS) is 14.5. The Bertz CT molecular complexity index is 683. The van der Waals surface area contributed by atoms with Crippen molar-refractivity contribution in [2.24, 2.45) is 4.99 Å². The summed E-state index contributed by atoms with van der Waals surface area (Å²) in [4.78, 5) is 20.1. The minimum absolute atomic E-state index is 0. The molecule has 1 saturated heterocycles. The molecule has 0 saturated carbocycles. The second-order valence-corrected chi connectivity index (χ2v) is 6.34. The fourth-order valence-electron chi connectivity index (χ4n) is 3.01. The molecule has 0 radical (unpaired) electrons. The second kappa shape index (κ2) is 12.7. The van der Waals surface area contributed by atoms with Crippen LogP contribution in [0.2, 0.25) is 0 Å². The minimum atomic E-state index is -2.91. The van der Waals surface area contributed by atoms with Crippen LogP contribution in [0.1, 0.15) is 19.4 Å². The van der Waals surface area contributed by atoms with E-state index < -0.39 is 6.61 Å². The maximum Gasteiger partial charge on any atom is 0.387 e. The number of carbonyl (C=O) groups excluding carboxylic acids is 1. The molecule has 1 heterocycles. The average Bonchev–Trinajstić information content (AvgIpc) is 2.67. The lowest BCUT2D eigenvalue weighted by Gasteiger charge is -2.36. The van der Waals surface area contributed by atoms with E-state index >= 15 is 0 Å². The molecule has 1 aromatic rings. The van der Waals surface area contributed by atoms with E-state index in [9.17, 15) is 13.6 Å². The van der Waals surface area contributed by atoms with Crippen LogP contribution in [0.4, 0.5) is 8.78 Å². The van der Waals surface area contributed by atoms with E-state index in [1.54, 1.807) is 19.1 Å². The molecule has 1 aliphatic heterocycles. The standard InChI is InChI=1S/C19H28F2N4O3.HI/c1-4-22-19(25-11-9-24(10-12-25)14(2)26)23-8-7-15-5-6-16(27-3)17(13-15)28-18(20)21;/h5-6,13,18H,4,7-12H2,1-3H3,(H,22,23);1H. The van der Waals surface area contributed by atoms with E-state index in [2.05, 4.69) is 19.9 Å². The van der Waals surface area contributed by atoms with Gasteiger partial charge in [-0.3, -0.25) is 9.79 Å².